The largest absolute Gasteiger partial charge is 0.505 e. The quantitative estimate of drug-likeness (QED) is 0.326. The Morgan fingerprint density at radius 1 is 1.26 bits per heavy atom. The smallest absolute Gasteiger partial charge is 0.450 e. The number of hydrogen-bond acceptors (Lipinski definition) is 5. The van der Waals surface area contributed by atoms with E-state index in [2.05, 4.69) is 10.1 Å². The van der Waals surface area contributed by atoms with Crippen molar-refractivity contribution in [2.45, 2.75) is 34.5 Å². The summed E-state index contributed by atoms with van der Waals surface area (Å²) in [6, 6.07) is 4.83. The van der Waals surface area contributed by atoms with Crippen molar-refractivity contribution in [1.29, 1.82) is 0 Å². The van der Waals surface area contributed by atoms with Crippen LogP contribution in [0.3, 0.4) is 0 Å². The zero-order valence-electron chi connectivity index (χ0n) is 14.4. The summed E-state index contributed by atoms with van der Waals surface area (Å²) in [6.07, 6.45) is 0.179. The number of ether oxygens (including phenoxy) is 1. The maximum atomic E-state index is 13.6. The molecule has 1 aromatic carbocycles. The predicted molar refractivity (Wildman–Crippen MR) is 98.9 cm³/mol. The van der Waals surface area contributed by atoms with Gasteiger partial charge in [-0.05, 0) is 30.5 Å². The van der Waals surface area contributed by atoms with Gasteiger partial charge in [0.1, 0.15) is 6.67 Å². The number of benzene rings is 1. The highest BCUT2D eigenvalue weighted by Crippen LogP contribution is 2.27. The van der Waals surface area contributed by atoms with Gasteiger partial charge in [-0.25, -0.2) is 17.6 Å². The van der Waals surface area contributed by atoms with Crippen molar-refractivity contribution in [1.82, 2.24) is 5.32 Å². The maximum Gasteiger partial charge on any atom is 0.505 e. The van der Waals surface area contributed by atoms with Gasteiger partial charge in [0, 0.05) is 12.2 Å². The van der Waals surface area contributed by atoms with Gasteiger partial charge in [0.25, 0.3) is 5.91 Å². The lowest BCUT2D eigenvalue weighted by molar-refractivity contribution is -0.120. The van der Waals surface area contributed by atoms with Crippen LogP contribution >= 0.6 is 23.2 Å². The summed E-state index contributed by atoms with van der Waals surface area (Å²) in [7, 11) is -3.40. The highest BCUT2D eigenvalue weighted by Gasteiger charge is 2.27. The molecule has 0 spiro atoms. The third-order valence-corrected chi connectivity index (χ3v) is 5.32. The summed E-state index contributed by atoms with van der Waals surface area (Å²) in [5.74, 6) is -1.34. The molecule has 1 aromatic rings. The first-order valence-electron chi connectivity index (χ1n) is 7.86. The number of amides is 1. The summed E-state index contributed by atoms with van der Waals surface area (Å²) in [6.45, 7) is -1.03. The van der Waals surface area contributed by atoms with Crippen molar-refractivity contribution in [3.05, 3.63) is 29.8 Å². The van der Waals surface area contributed by atoms with Crippen molar-refractivity contribution in [3.8, 4) is 0 Å². The van der Waals surface area contributed by atoms with Gasteiger partial charge in [0.05, 0.1) is 17.5 Å². The van der Waals surface area contributed by atoms with E-state index in [1.54, 1.807) is 0 Å². The van der Waals surface area contributed by atoms with Crippen LogP contribution in [0.15, 0.2) is 29.2 Å². The number of halogens is 3. The minimum Gasteiger partial charge on any atom is -0.450 e. The molecule has 2 atom stereocenters. The monoisotopic (exact) mass is 443 g/mol. The van der Waals surface area contributed by atoms with Crippen LogP contribution in [-0.2, 0) is 19.4 Å². The molecule has 0 unspecified atom stereocenters. The molecule has 152 valence electrons. The van der Waals surface area contributed by atoms with Gasteiger partial charge in [0.2, 0.25) is 0 Å². The molecule has 0 saturated heterocycles. The molecule has 0 aromatic heterocycles. The topological polar surface area (TPSA) is 110 Å². The first-order valence-corrected chi connectivity index (χ1v) is 10.6. The summed E-state index contributed by atoms with van der Waals surface area (Å²) in [4.78, 5) is 20.9. The molecule has 0 aliphatic rings. The van der Waals surface area contributed by atoms with E-state index < -0.39 is 45.4 Å². The second kappa shape index (κ2) is 10.7. The lowest BCUT2D eigenvalue weighted by Gasteiger charge is -2.27. The zero-order chi connectivity index (χ0) is 20.6. The van der Waals surface area contributed by atoms with Crippen LogP contribution in [0.2, 0.25) is 0 Å². The Morgan fingerprint density at radius 2 is 1.85 bits per heavy atom. The minimum absolute atomic E-state index is 0.0987. The number of hydrogen-bond donors (Lipinski definition) is 2. The molecule has 0 aliphatic heterocycles. The van der Waals surface area contributed by atoms with Crippen LogP contribution < -0.4 is 5.32 Å². The Bertz CT molecular complexity index is 742. The highest BCUT2D eigenvalue weighted by atomic mass is 35.5. The Morgan fingerprint density at radius 3 is 2.30 bits per heavy atom. The Labute approximate surface area is 166 Å². The first kappa shape index (κ1) is 23.5. The molecule has 0 aliphatic carbocycles. The predicted octanol–water partition coefficient (Wildman–Crippen LogP) is 2.91. The second-order valence-electron chi connectivity index (χ2n) is 5.77. The molecule has 0 heterocycles. The molecule has 0 saturated carbocycles. The van der Waals surface area contributed by atoms with E-state index in [1.807, 2.05) is 0 Å². The van der Waals surface area contributed by atoms with E-state index in [4.69, 9.17) is 28.3 Å². The van der Waals surface area contributed by atoms with Gasteiger partial charge in [-0.2, -0.15) is 0 Å². The molecular weight excluding hydrogens is 424 g/mol. The van der Waals surface area contributed by atoms with Crippen LogP contribution in [-0.4, -0.2) is 56.0 Å². The molecule has 0 radical (unpaired) electrons. The fraction of sp³-hybridized carbons (Fsp3) is 0.500. The number of sulfone groups is 1. The van der Waals surface area contributed by atoms with E-state index in [0.717, 1.165) is 6.26 Å². The lowest BCUT2D eigenvalue weighted by atomic mass is 9.88. The number of nitrogens with one attached hydrogen (secondary N) is 1. The van der Waals surface area contributed by atoms with Crippen molar-refractivity contribution in [2.24, 2.45) is 0 Å². The fourth-order valence-electron chi connectivity index (χ4n) is 2.52. The molecular formula is C16H20Cl2FNO6S. The van der Waals surface area contributed by atoms with Gasteiger partial charge in [-0.1, -0.05) is 35.3 Å². The van der Waals surface area contributed by atoms with E-state index in [0.29, 0.717) is 5.56 Å². The third kappa shape index (κ3) is 7.90. The lowest BCUT2D eigenvalue weighted by Crippen LogP contribution is -2.43. The average Bonchev–Trinajstić information content (AvgIpc) is 2.59. The number of rotatable bonds is 10. The standard InChI is InChI=1S/C16H20Cl2FNO6S/c1-27(24,25)11-6-4-10(5-7-11)12(3-2-8-26-16(22)23)13(9-19)20-15(21)14(17)18/h4-7,12-14H,2-3,8-9H2,1H3,(H,20,21)(H,22,23)/t12-,13-/m1/s1. The van der Waals surface area contributed by atoms with E-state index in [1.165, 1.54) is 24.3 Å². The number of carboxylic acid groups (broad SMARTS) is 1. The van der Waals surface area contributed by atoms with Gasteiger partial charge >= 0.3 is 6.16 Å². The second-order valence-corrected chi connectivity index (χ2v) is 8.89. The number of alkyl halides is 3. The van der Waals surface area contributed by atoms with E-state index in [-0.39, 0.29) is 24.3 Å². The van der Waals surface area contributed by atoms with Crippen LogP contribution in [0.4, 0.5) is 9.18 Å². The molecule has 2 N–H and O–H groups in total. The maximum absolute atomic E-state index is 13.6. The molecule has 7 nitrogen and oxygen atoms in total. The highest BCUT2D eigenvalue weighted by molar-refractivity contribution is 7.90. The molecule has 0 fully saturated rings. The molecule has 0 bridgehead atoms. The van der Waals surface area contributed by atoms with E-state index in [9.17, 15) is 22.4 Å². The van der Waals surface area contributed by atoms with Crippen LogP contribution in [0.5, 0.6) is 0 Å². The normalized spacial score (nSPS) is 13.8. The summed E-state index contributed by atoms with van der Waals surface area (Å²) in [5.41, 5.74) is 0.571. The van der Waals surface area contributed by atoms with Gasteiger partial charge in [-0.15, -0.1) is 0 Å². The number of carbonyl (C=O) groups is 2. The molecule has 1 amide bonds. The van der Waals surface area contributed by atoms with Gasteiger partial charge in [0.15, 0.2) is 14.7 Å². The Kier molecular flexibility index (Phi) is 9.28. The van der Waals surface area contributed by atoms with Crippen molar-refractivity contribution < 1.29 is 32.2 Å². The molecule has 11 heteroatoms. The SMILES string of the molecule is CS(=O)(=O)c1ccc([C@@H](CCCOC(=O)O)[C@@H](CF)NC(=O)C(Cl)Cl)cc1. The summed E-state index contributed by atoms with van der Waals surface area (Å²) >= 11 is 11.0. The van der Waals surface area contributed by atoms with Crippen molar-refractivity contribution >= 4 is 45.1 Å². The van der Waals surface area contributed by atoms with Crippen LogP contribution in [0, 0.1) is 0 Å². The summed E-state index contributed by atoms with van der Waals surface area (Å²) in [5, 5.41) is 10.9. The van der Waals surface area contributed by atoms with Gasteiger partial charge in [-0.3, -0.25) is 4.79 Å². The fourth-order valence-corrected chi connectivity index (χ4v) is 3.27. The minimum atomic E-state index is -3.40. The van der Waals surface area contributed by atoms with Gasteiger partial charge < -0.3 is 15.2 Å². The average molecular weight is 444 g/mol. The number of carbonyl (C=O) groups excluding carboxylic acids is 1. The zero-order valence-corrected chi connectivity index (χ0v) is 16.7. The molecule has 1 rings (SSSR count). The molecule has 27 heavy (non-hydrogen) atoms. The first-order chi connectivity index (χ1) is 12.6. The van der Waals surface area contributed by atoms with E-state index >= 15 is 0 Å². The summed E-state index contributed by atoms with van der Waals surface area (Å²) < 4.78 is 41.2. The van der Waals surface area contributed by atoms with Crippen LogP contribution in [0.25, 0.3) is 0 Å². The van der Waals surface area contributed by atoms with Crippen molar-refractivity contribution in [2.75, 3.05) is 19.5 Å². The van der Waals surface area contributed by atoms with Crippen LogP contribution in [0.1, 0.15) is 24.3 Å². The third-order valence-electron chi connectivity index (χ3n) is 3.80. The Balaban J connectivity index is 3.04. The van der Waals surface area contributed by atoms with Crippen molar-refractivity contribution in [3.63, 3.8) is 0 Å². The Hall–Kier alpha value is -1.58.